The van der Waals surface area contributed by atoms with Crippen molar-refractivity contribution in [3.8, 4) is 0 Å². The zero-order chi connectivity index (χ0) is 22.7. The summed E-state index contributed by atoms with van der Waals surface area (Å²) in [5.41, 5.74) is 0.721. The molecule has 160 valence electrons. The highest BCUT2D eigenvalue weighted by molar-refractivity contribution is 6.43. The third-order valence-corrected chi connectivity index (χ3v) is 4.97. The Labute approximate surface area is 185 Å². The van der Waals surface area contributed by atoms with Crippen molar-refractivity contribution < 1.29 is 33.4 Å². The number of rotatable bonds is 6. The molecule has 9 nitrogen and oxygen atoms in total. The summed E-state index contributed by atoms with van der Waals surface area (Å²) in [6, 6.07) is 8.36. The van der Waals surface area contributed by atoms with Gasteiger partial charge in [-0.1, -0.05) is 23.2 Å². The van der Waals surface area contributed by atoms with Gasteiger partial charge in [0.25, 0.3) is 17.7 Å². The van der Waals surface area contributed by atoms with Crippen molar-refractivity contribution in [1.82, 2.24) is 4.90 Å². The number of methoxy groups -OCH3 is 1. The van der Waals surface area contributed by atoms with Crippen molar-refractivity contribution in [2.75, 3.05) is 25.6 Å². The van der Waals surface area contributed by atoms with Crippen LogP contribution in [0.15, 0.2) is 36.4 Å². The predicted octanol–water partition coefficient (Wildman–Crippen LogP) is 2.56. The van der Waals surface area contributed by atoms with Crippen LogP contribution in [0.5, 0.6) is 0 Å². The van der Waals surface area contributed by atoms with E-state index in [2.05, 4.69) is 10.1 Å². The Kier molecular flexibility index (Phi) is 6.57. The lowest BCUT2D eigenvalue weighted by atomic mass is 10.1. The number of hydrogen-bond donors (Lipinski definition) is 1. The lowest BCUT2D eigenvalue weighted by molar-refractivity contribution is -0.147. The first-order valence-electron chi connectivity index (χ1n) is 8.70. The minimum atomic E-state index is -0.956. The number of esters is 2. The van der Waals surface area contributed by atoms with Crippen LogP contribution in [-0.2, 0) is 19.1 Å². The number of carbonyl (C=O) groups excluding carboxylic acids is 5. The number of carbonyl (C=O) groups is 5. The van der Waals surface area contributed by atoms with Crippen LogP contribution in [0, 0.1) is 0 Å². The molecule has 3 amide bonds. The molecule has 3 rings (SSSR count). The first-order valence-corrected chi connectivity index (χ1v) is 9.46. The van der Waals surface area contributed by atoms with E-state index in [-0.39, 0.29) is 21.2 Å². The molecule has 11 heteroatoms. The Hall–Kier alpha value is -3.43. The van der Waals surface area contributed by atoms with E-state index in [9.17, 15) is 24.0 Å². The summed E-state index contributed by atoms with van der Waals surface area (Å²) >= 11 is 11.7. The highest BCUT2D eigenvalue weighted by Crippen LogP contribution is 2.31. The Morgan fingerprint density at radius 2 is 1.52 bits per heavy atom. The zero-order valence-electron chi connectivity index (χ0n) is 15.9. The number of ether oxygens (including phenoxy) is 2. The van der Waals surface area contributed by atoms with Gasteiger partial charge in [-0.3, -0.25) is 24.1 Å². The summed E-state index contributed by atoms with van der Waals surface area (Å²) in [7, 11) is 1.25. The second kappa shape index (κ2) is 9.15. The molecule has 1 aliphatic heterocycles. The van der Waals surface area contributed by atoms with Gasteiger partial charge in [-0.05, 0) is 36.4 Å². The van der Waals surface area contributed by atoms with Gasteiger partial charge in [0.15, 0.2) is 6.61 Å². The second-order valence-corrected chi connectivity index (χ2v) is 7.10. The molecule has 0 saturated heterocycles. The number of nitrogens with zero attached hydrogens (tertiary/aromatic N) is 1. The van der Waals surface area contributed by atoms with Gasteiger partial charge in [-0.2, -0.15) is 0 Å². The van der Waals surface area contributed by atoms with Gasteiger partial charge in [0.1, 0.15) is 6.54 Å². The van der Waals surface area contributed by atoms with E-state index < -0.39 is 42.8 Å². The average molecular weight is 465 g/mol. The minimum absolute atomic E-state index is 0.0281. The molecule has 0 fully saturated rings. The SMILES string of the molecule is COC(=O)c1ccc(NC(=O)COC(=O)CN2C(=O)c3cc(Cl)c(Cl)cc3C2=O)cc1. The molecule has 1 heterocycles. The Morgan fingerprint density at radius 1 is 0.968 bits per heavy atom. The fraction of sp³-hybridized carbons (Fsp3) is 0.150. The van der Waals surface area contributed by atoms with E-state index in [0.29, 0.717) is 16.2 Å². The van der Waals surface area contributed by atoms with Crippen LogP contribution in [0.1, 0.15) is 31.1 Å². The van der Waals surface area contributed by atoms with Gasteiger partial charge in [-0.15, -0.1) is 0 Å². The Morgan fingerprint density at radius 3 is 2.03 bits per heavy atom. The maximum Gasteiger partial charge on any atom is 0.337 e. The molecule has 0 aromatic heterocycles. The first-order chi connectivity index (χ1) is 14.7. The molecule has 0 bridgehead atoms. The van der Waals surface area contributed by atoms with E-state index in [4.69, 9.17) is 27.9 Å². The van der Waals surface area contributed by atoms with Crippen molar-refractivity contribution in [3.05, 3.63) is 63.1 Å². The molecular weight excluding hydrogens is 451 g/mol. The molecule has 0 radical (unpaired) electrons. The third-order valence-electron chi connectivity index (χ3n) is 4.25. The van der Waals surface area contributed by atoms with E-state index in [0.717, 1.165) is 0 Å². The monoisotopic (exact) mass is 464 g/mol. The molecule has 0 spiro atoms. The van der Waals surface area contributed by atoms with Crippen molar-refractivity contribution in [2.45, 2.75) is 0 Å². The van der Waals surface area contributed by atoms with Crippen LogP contribution in [0.25, 0.3) is 0 Å². The topological polar surface area (TPSA) is 119 Å². The molecule has 1 aliphatic rings. The summed E-state index contributed by atoms with van der Waals surface area (Å²) in [6.45, 7) is -1.32. The lowest BCUT2D eigenvalue weighted by Gasteiger charge is -2.13. The third kappa shape index (κ3) is 4.84. The van der Waals surface area contributed by atoms with Crippen molar-refractivity contribution in [1.29, 1.82) is 0 Å². The van der Waals surface area contributed by atoms with E-state index in [1.54, 1.807) is 0 Å². The van der Waals surface area contributed by atoms with Crippen molar-refractivity contribution in [3.63, 3.8) is 0 Å². The molecule has 2 aromatic rings. The van der Waals surface area contributed by atoms with Gasteiger partial charge < -0.3 is 14.8 Å². The van der Waals surface area contributed by atoms with Crippen LogP contribution in [0.3, 0.4) is 0 Å². The summed E-state index contributed by atoms with van der Waals surface area (Å²) in [5, 5.41) is 2.67. The van der Waals surface area contributed by atoms with Crippen LogP contribution in [0.4, 0.5) is 5.69 Å². The Bertz CT molecular complexity index is 1060. The van der Waals surface area contributed by atoms with Crippen LogP contribution < -0.4 is 5.32 Å². The molecular formula is C20H14Cl2N2O7. The maximum absolute atomic E-state index is 12.4. The van der Waals surface area contributed by atoms with Crippen LogP contribution in [0.2, 0.25) is 10.0 Å². The van der Waals surface area contributed by atoms with Gasteiger partial charge in [0, 0.05) is 5.69 Å². The fourth-order valence-electron chi connectivity index (χ4n) is 2.75. The minimum Gasteiger partial charge on any atom is -0.465 e. The normalized spacial score (nSPS) is 12.4. The van der Waals surface area contributed by atoms with Gasteiger partial charge in [-0.25, -0.2) is 4.79 Å². The number of hydrogen-bond acceptors (Lipinski definition) is 7. The highest BCUT2D eigenvalue weighted by atomic mass is 35.5. The summed E-state index contributed by atoms with van der Waals surface area (Å²) in [4.78, 5) is 60.8. The largest absolute Gasteiger partial charge is 0.465 e. The molecule has 0 unspecified atom stereocenters. The van der Waals surface area contributed by atoms with E-state index >= 15 is 0 Å². The number of halogens is 2. The van der Waals surface area contributed by atoms with Gasteiger partial charge in [0.05, 0.1) is 33.8 Å². The summed E-state index contributed by atoms with van der Waals surface area (Å²) < 4.78 is 9.41. The number of benzene rings is 2. The Balaban J connectivity index is 1.53. The zero-order valence-corrected chi connectivity index (χ0v) is 17.5. The highest BCUT2D eigenvalue weighted by Gasteiger charge is 2.37. The fourth-order valence-corrected chi connectivity index (χ4v) is 3.08. The van der Waals surface area contributed by atoms with Crippen molar-refractivity contribution in [2.24, 2.45) is 0 Å². The standard InChI is InChI=1S/C20H14Cl2N2O7/c1-30-20(29)10-2-4-11(5-3-10)23-16(25)9-31-17(26)8-24-18(27)12-6-14(21)15(22)7-13(12)19(24)28/h2-7H,8-9H2,1H3,(H,23,25). The number of amides is 3. The number of fused-ring (bicyclic) bond motifs is 1. The molecule has 1 N–H and O–H groups in total. The van der Waals surface area contributed by atoms with Crippen LogP contribution >= 0.6 is 23.2 Å². The average Bonchev–Trinajstić information content (AvgIpc) is 2.97. The number of anilines is 1. The summed E-state index contributed by atoms with van der Waals surface area (Å²) in [5.74, 6) is -3.57. The molecule has 0 saturated carbocycles. The molecule has 0 atom stereocenters. The summed E-state index contributed by atoms with van der Waals surface area (Å²) in [6.07, 6.45) is 0. The second-order valence-electron chi connectivity index (χ2n) is 6.29. The van der Waals surface area contributed by atoms with Crippen molar-refractivity contribution >= 4 is 58.5 Å². The molecule has 2 aromatic carbocycles. The van der Waals surface area contributed by atoms with Gasteiger partial charge in [0.2, 0.25) is 0 Å². The quantitative estimate of drug-likeness (QED) is 0.515. The molecule has 31 heavy (non-hydrogen) atoms. The predicted molar refractivity (Wildman–Crippen MR) is 109 cm³/mol. The molecule has 0 aliphatic carbocycles. The van der Waals surface area contributed by atoms with E-state index in [1.165, 1.54) is 43.5 Å². The van der Waals surface area contributed by atoms with Gasteiger partial charge >= 0.3 is 11.9 Å². The smallest absolute Gasteiger partial charge is 0.337 e. The lowest BCUT2D eigenvalue weighted by Crippen LogP contribution is -2.36. The maximum atomic E-state index is 12.4. The van der Waals surface area contributed by atoms with Crippen LogP contribution in [-0.4, -0.2) is 54.8 Å². The first kappa shape index (κ1) is 22.3. The number of nitrogens with one attached hydrogen (secondary N) is 1. The van der Waals surface area contributed by atoms with E-state index in [1.807, 2.05) is 0 Å². The number of imide groups is 1.